The van der Waals surface area contributed by atoms with Crippen LogP contribution in [0.25, 0.3) is 0 Å². The molecule has 1 aliphatic heterocycles. The lowest BCUT2D eigenvalue weighted by Crippen LogP contribution is -2.39. The first-order chi connectivity index (χ1) is 9.51. The zero-order valence-electron chi connectivity index (χ0n) is 12.9. The van der Waals surface area contributed by atoms with Gasteiger partial charge in [0, 0.05) is 31.4 Å². The molecule has 2 heterocycles. The van der Waals surface area contributed by atoms with E-state index in [4.69, 9.17) is 0 Å². The smallest absolute Gasteiger partial charge is 0.254 e. The minimum atomic E-state index is 0.134. The lowest BCUT2D eigenvalue weighted by molar-refractivity contribution is 0.0667. The quantitative estimate of drug-likeness (QED) is 0.922. The van der Waals surface area contributed by atoms with Crippen LogP contribution in [0.3, 0.4) is 0 Å². The molecule has 1 saturated heterocycles. The average molecular weight is 275 g/mol. The van der Waals surface area contributed by atoms with Crippen LogP contribution in [0.2, 0.25) is 0 Å². The Labute approximate surface area is 121 Å². The van der Waals surface area contributed by atoms with Crippen molar-refractivity contribution in [3.05, 3.63) is 23.4 Å². The van der Waals surface area contributed by atoms with Crippen LogP contribution in [-0.2, 0) is 0 Å². The van der Waals surface area contributed by atoms with E-state index in [1.54, 1.807) is 0 Å². The van der Waals surface area contributed by atoms with Crippen LogP contribution in [0, 0.1) is 18.8 Å². The third-order valence-corrected chi connectivity index (χ3v) is 4.23. The highest BCUT2D eigenvalue weighted by Gasteiger charge is 2.25. The minimum absolute atomic E-state index is 0.134. The number of hydrogen-bond acceptors (Lipinski definition) is 3. The van der Waals surface area contributed by atoms with Crippen molar-refractivity contribution in [3.8, 4) is 0 Å². The summed E-state index contributed by atoms with van der Waals surface area (Å²) in [7, 11) is 1.82. The first-order valence-electron chi connectivity index (χ1n) is 7.47. The molecular weight excluding hydrogens is 250 g/mol. The summed E-state index contributed by atoms with van der Waals surface area (Å²) < 4.78 is 0. The molecule has 1 aromatic rings. The second kappa shape index (κ2) is 6.25. The van der Waals surface area contributed by atoms with Gasteiger partial charge in [-0.25, -0.2) is 4.98 Å². The number of piperidine rings is 1. The Hall–Kier alpha value is -1.58. The number of carbonyl (C=O) groups excluding carboxylic acids is 1. The van der Waals surface area contributed by atoms with Crippen molar-refractivity contribution < 1.29 is 4.79 Å². The summed E-state index contributed by atoms with van der Waals surface area (Å²) in [5.74, 6) is 2.36. The molecule has 1 fully saturated rings. The van der Waals surface area contributed by atoms with E-state index < -0.39 is 0 Å². The molecule has 0 unspecified atom stereocenters. The zero-order chi connectivity index (χ0) is 14.7. The van der Waals surface area contributed by atoms with Crippen molar-refractivity contribution in [1.29, 1.82) is 0 Å². The fourth-order valence-electron chi connectivity index (χ4n) is 2.87. The van der Waals surface area contributed by atoms with Gasteiger partial charge in [0.05, 0.1) is 0 Å². The van der Waals surface area contributed by atoms with Crippen molar-refractivity contribution in [2.75, 3.05) is 25.5 Å². The van der Waals surface area contributed by atoms with Crippen molar-refractivity contribution in [2.24, 2.45) is 11.8 Å². The lowest BCUT2D eigenvalue weighted by atomic mass is 9.86. The molecule has 0 atom stereocenters. The minimum Gasteiger partial charge on any atom is -0.373 e. The molecule has 4 heteroatoms. The van der Waals surface area contributed by atoms with Crippen LogP contribution in [0.4, 0.5) is 5.82 Å². The number of anilines is 1. The molecule has 0 spiro atoms. The molecule has 20 heavy (non-hydrogen) atoms. The van der Waals surface area contributed by atoms with E-state index in [9.17, 15) is 4.79 Å². The number of aryl methyl sites for hydroxylation is 1. The lowest BCUT2D eigenvalue weighted by Gasteiger charge is -2.34. The molecule has 0 bridgehead atoms. The molecule has 4 nitrogen and oxygen atoms in total. The van der Waals surface area contributed by atoms with E-state index >= 15 is 0 Å². The van der Waals surface area contributed by atoms with Gasteiger partial charge in [-0.2, -0.15) is 0 Å². The van der Waals surface area contributed by atoms with Crippen LogP contribution < -0.4 is 5.32 Å². The van der Waals surface area contributed by atoms with Crippen LogP contribution in [0.5, 0.6) is 0 Å². The Balaban J connectivity index is 2.07. The van der Waals surface area contributed by atoms with Crippen LogP contribution >= 0.6 is 0 Å². The second-order valence-corrected chi connectivity index (χ2v) is 6.01. The molecular formula is C16H25N3O. The summed E-state index contributed by atoms with van der Waals surface area (Å²) in [6.45, 7) is 8.21. The molecule has 1 amide bonds. The number of aromatic nitrogens is 1. The fraction of sp³-hybridized carbons (Fsp3) is 0.625. The summed E-state index contributed by atoms with van der Waals surface area (Å²) in [6, 6.07) is 3.71. The van der Waals surface area contributed by atoms with E-state index in [1.807, 2.05) is 31.0 Å². The highest BCUT2D eigenvalue weighted by molar-refractivity contribution is 5.95. The van der Waals surface area contributed by atoms with Gasteiger partial charge in [0.1, 0.15) is 5.82 Å². The van der Waals surface area contributed by atoms with E-state index in [2.05, 4.69) is 24.1 Å². The second-order valence-electron chi connectivity index (χ2n) is 6.01. The van der Waals surface area contributed by atoms with Gasteiger partial charge in [0.25, 0.3) is 5.91 Å². The number of likely N-dealkylation sites (tertiary alicyclic amines) is 1. The fourth-order valence-corrected chi connectivity index (χ4v) is 2.87. The molecule has 1 aliphatic rings. The highest BCUT2D eigenvalue weighted by Crippen LogP contribution is 2.25. The third kappa shape index (κ3) is 3.30. The largest absolute Gasteiger partial charge is 0.373 e. The Bertz CT molecular complexity index is 477. The Morgan fingerprint density at radius 2 is 2.00 bits per heavy atom. The van der Waals surface area contributed by atoms with Crippen molar-refractivity contribution in [2.45, 2.75) is 33.6 Å². The predicted octanol–water partition coefficient (Wildman–Crippen LogP) is 2.94. The normalized spacial score (nSPS) is 16.6. The topological polar surface area (TPSA) is 45.2 Å². The van der Waals surface area contributed by atoms with Crippen LogP contribution in [-0.4, -0.2) is 35.9 Å². The monoisotopic (exact) mass is 275 g/mol. The number of amides is 1. The van der Waals surface area contributed by atoms with Gasteiger partial charge in [-0.05, 0) is 43.7 Å². The van der Waals surface area contributed by atoms with Crippen molar-refractivity contribution in [3.63, 3.8) is 0 Å². The molecule has 1 N–H and O–H groups in total. The number of hydrogen-bond donors (Lipinski definition) is 1. The highest BCUT2D eigenvalue weighted by atomic mass is 16.2. The van der Waals surface area contributed by atoms with Gasteiger partial charge in [0.2, 0.25) is 0 Å². The van der Waals surface area contributed by atoms with E-state index in [0.29, 0.717) is 5.92 Å². The molecule has 0 aromatic carbocycles. The van der Waals surface area contributed by atoms with Gasteiger partial charge < -0.3 is 10.2 Å². The first-order valence-corrected chi connectivity index (χ1v) is 7.47. The Morgan fingerprint density at radius 3 is 2.55 bits per heavy atom. The van der Waals surface area contributed by atoms with Gasteiger partial charge in [-0.1, -0.05) is 13.8 Å². The third-order valence-electron chi connectivity index (χ3n) is 4.23. The van der Waals surface area contributed by atoms with Crippen LogP contribution in [0.1, 0.15) is 42.7 Å². The maximum absolute atomic E-state index is 12.6. The maximum Gasteiger partial charge on any atom is 0.254 e. The molecule has 0 aliphatic carbocycles. The summed E-state index contributed by atoms with van der Waals surface area (Å²) in [4.78, 5) is 18.9. The van der Waals surface area contributed by atoms with Crippen molar-refractivity contribution in [1.82, 2.24) is 9.88 Å². The summed E-state index contributed by atoms with van der Waals surface area (Å²) >= 11 is 0. The Kier molecular flexibility index (Phi) is 4.63. The van der Waals surface area contributed by atoms with Gasteiger partial charge >= 0.3 is 0 Å². The number of carbonyl (C=O) groups is 1. The number of pyridine rings is 1. The summed E-state index contributed by atoms with van der Waals surface area (Å²) in [6.07, 6.45) is 2.23. The molecule has 110 valence electrons. The molecule has 2 rings (SSSR count). The number of rotatable bonds is 3. The zero-order valence-corrected chi connectivity index (χ0v) is 12.9. The molecule has 0 saturated carbocycles. The standard InChI is InChI=1S/C16H25N3O/c1-11(2)13-5-7-19(8-6-13)16(20)14-9-12(3)18-15(10-14)17-4/h9-11,13H,5-8H2,1-4H3,(H,17,18). The van der Waals surface area contributed by atoms with E-state index in [-0.39, 0.29) is 5.91 Å². The van der Waals surface area contributed by atoms with E-state index in [1.165, 1.54) is 0 Å². The van der Waals surface area contributed by atoms with Gasteiger partial charge in [-0.15, -0.1) is 0 Å². The summed E-state index contributed by atoms with van der Waals surface area (Å²) in [5.41, 5.74) is 1.61. The number of nitrogens with one attached hydrogen (secondary N) is 1. The molecule has 0 radical (unpaired) electrons. The maximum atomic E-state index is 12.6. The first kappa shape index (κ1) is 14.8. The number of nitrogens with zero attached hydrogens (tertiary/aromatic N) is 2. The van der Waals surface area contributed by atoms with Crippen LogP contribution in [0.15, 0.2) is 12.1 Å². The summed E-state index contributed by atoms with van der Waals surface area (Å²) in [5, 5.41) is 3.01. The SMILES string of the molecule is CNc1cc(C(=O)N2CCC(C(C)C)CC2)cc(C)n1. The van der Waals surface area contributed by atoms with Crippen molar-refractivity contribution >= 4 is 11.7 Å². The predicted molar refractivity (Wildman–Crippen MR) is 82.0 cm³/mol. The van der Waals surface area contributed by atoms with Gasteiger partial charge in [0.15, 0.2) is 0 Å². The molecule has 1 aromatic heterocycles. The van der Waals surface area contributed by atoms with Gasteiger partial charge in [-0.3, -0.25) is 4.79 Å². The van der Waals surface area contributed by atoms with E-state index in [0.717, 1.165) is 48.9 Å². The Morgan fingerprint density at radius 1 is 1.35 bits per heavy atom. The average Bonchev–Trinajstić information content (AvgIpc) is 2.45.